The van der Waals surface area contributed by atoms with Crippen molar-refractivity contribution in [1.29, 1.82) is 0 Å². The van der Waals surface area contributed by atoms with Gasteiger partial charge in [0.25, 0.3) is 0 Å². The quantitative estimate of drug-likeness (QED) is 0.792. The third-order valence-corrected chi connectivity index (χ3v) is 2.21. The van der Waals surface area contributed by atoms with Crippen molar-refractivity contribution in [3.8, 4) is 11.4 Å². The van der Waals surface area contributed by atoms with E-state index < -0.39 is 0 Å². The average molecular weight is 217 g/mol. The van der Waals surface area contributed by atoms with Gasteiger partial charge < -0.3 is 4.74 Å². The molecule has 0 aliphatic heterocycles. The van der Waals surface area contributed by atoms with Crippen LogP contribution < -0.4 is 4.74 Å². The standard InChI is InChI=1S/C12H15N3O/c1-9(2)16-11-4-5-12(10(3)6-11)15-8-13-7-14-15/h4-9H,1-3H3. The van der Waals surface area contributed by atoms with Gasteiger partial charge in [0.2, 0.25) is 0 Å². The van der Waals surface area contributed by atoms with Gasteiger partial charge in [-0.2, -0.15) is 5.10 Å². The SMILES string of the molecule is Cc1cc(OC(C)C)ccc1-n1cncn1. The Morgan fingerprint density at radius 1 is 1.31 bits per heavy atom. The van der Waals surface area contributed by atoms with E-state index in [1.165, 1.54) is 6.33 Å². The summed E-state index contributed by atoms with van der Waals surface area (Å²) >= 11 is 0. The summed E-state index contributed by atoms with van der Waals surface area (Å²) in [6.07, 6.45) is 3.40. The summed E-state index contributed by atoms with van der Waals surface area (Å²) in [6, 6.07) is 5.95. The van der Waals surface area contributed by atoms with Crippen molar-refractivity contribution >= 4 is 0 Å². The van der Waals surface area contributed by atoms with Gasteiger partial charge in [0, 0.05) is 0 Å². The molecule has 16 heavy (non-hydrogen) atoms. The van der Waals surface area contributed by atoms with Gasteiger partial charge in [-0.1, -0.05) is 0 Å². The smallest absolute Gasteiger partial charge is 0.138 e. The Morgan fingerprint density at radius 3 is 2.69 bits per heavy atom. The van der Waals surface area contributed by atoms with Gasteiger partial charge in [0.15, 0.2) is 0 Å². The van der Waals surface area contributed by atoms with Crippen LogP contribution in [-0.2, 0) is 0 Å². The van der Waals surface area contributed by atoms with E-state index in [9.17, 15) is 0 Å². The van der Waals surface area contributed by atoms with Gasteiger partial charge in [0.1, 0.15) is 18.4 Å². The zero-order chi connectivity index (χ0) is 11.5. The van der Waals surface area contributed by atoms with E-state index >= 15 is 0 Å². The highest BCUT2D eigenvalue weighted by Crippen LogP contribution is 2.20. The third kappa shape index (κ3) is 2.21. The number of aryl methyl sites for hydroxylation is 1. The lowest BCUT2D eigenvalue weighted by atomic mass is 10.2. The van der Waals surface area contributed by atoms with Gasteiger partial charge in [-0.3, -0.25) is 0 Å². The number of hydrogen-bond donors (Lipinski definition) is 0. The predicted molar refractivity (Wildman–Crippen MR) is 61.9 cm³/mol. The first-order valence-electron chi connectivity index (χ1n) is 5.29. The molecule has 0 N–H and O–H groups in total. The molecule has 0 radical (unpaired) electrons. The summed E-state index contributed by atoms with van der Waals surface area (Å²) in [6.45, 7) is 6.06. The molecular formula is C12H15N3O. The molecule has 0 atom stereocenters. The molecule has 0 fully saturated rings. The molecule has 0 saturated heterocycles. The van der Waals surface area contributed by atoms with Crippen molar-refractivity contribution in [2.75, 3.05) is 0 Å². The van der Waals surface area contributed by atoms with Crippen LogP contribution in [0.15, 0.2) is 30.9 Å². The third-order valence-electron chi connectivity index (χ3n) is 2.21. The van der Waals surface area contributed by atoms with E-state index in [2.05, 4.69) is 10.1 Å². The molecule has 1 aromatic heterocycles. The maximum absolute atomic E-state index is 5.62. The second-order valence-corrected chi connectivity index (χ2v) is 3.95. The molecule has 4 heteroatoms. The Bertz CT molecular complexity index is 463. The largest absolute Gasteiger partial charge is 0.491 e. The van der Waals surface area contributed by atoms with Gasteiger partial charge in [-0.15, -0.1) is 0 Å². The first-order valence-corrected chi connectivity index (χ1v) is 5.29. The first-order chi connectivity index (χ1) is 7.66. The molecular weight excluding hydrogens is 202 g/mol. The second kappa shape index (κ2) is 4.35. The van der Waals surface area contributed by atoms with Crippen LogP contribution in [0.3, 0.4) is 0 Å². The van der Waals surface area contributed by atoms with E-state index in [1.54, 1.807) is 11.0 Å². The molecule has 0 saturated carbocycles. The topological polar surface area (TPSA) is 39.9 Å². The molecule has 2 aromatic rings. The molecule has 2 rings (SSSR count). The Hall–Kier alpha value is -1.84. The molecule has 1 heterocycles. The molecule has 0 spiro atoms. The lowest BCUT2D eigenvalue weighted by Gasteiger charge is -2.12. The fourth-order valence-electron chi connectivity index (χ4n) is 1.56. The van der Waals surface area contributed by atoms with Crippen LogP contribution in [0, 0.1) is 6.92 Å². The lowest BCUT2D eigenvalue weighted by molar-refractivity contribution is 0.242. The van der Waals surface area contributed by atoms with Crippen LogP contribution in [0.2, 0.25) is 0 Å². The van der Waals surface area contributed by atoms with Gasteiger partial charge >= 0.3 is 0 Å². The van der Waals surface area contributed by atoms with Gasteiger partial charge in [0.05, 0.1) is 11.8 Å². The van der Waals surface area contributed by atoms with Crippen molar-refractivity contribution in [3.05, 3.63) is 36.4 Å². The van der Waals surface area contributed by atoms with Crippen LogP contribution in [0.1, 0.15) is 19.4 Å². The number of benzene rings is 1. The molecule has 1 aromatic carbocycles. The van der Waals surface area contributed by atoms with Crippen molar-refractivity contribution in [1.82, 2.24) is 14.8 Å². The van der Waals surface area contributed by atoms with Crippen LogP contribution >= 0.6 is 0 Å². The predicted octanol–water partition coefficient (Wildman–Crippen LogP) is 2.36. The molecule has 0 aliphatic rings. The van der Waals surface area contributed by atoms with Gasteiger partial charge in [-0.25, -0.2) is 9.67 Å². The minimum Gasteiger partial charge on any atom is -0.491 e. The van der Waals surface area contributed by atoms with E-state index in [-0.39, 0.29) is 6.10 Å². The number of rotatable bonds is 3. The Balaban J connectivity index is 2.30. The van der Waals surface area contributed by atoms with Crippen LogP contribution in [-0.4, -0.2) is 20.9 Å². The second-order valence-electron chi connectivity index (χ2n) is 3.95. The number of ether oxygens (including phenoxy) is 1. The maximum Gasteiger partial charge on any atom is 0.138 e. The molecule has 84 valence electrons. The van der Waals surface area contributed by atoms with Crippen molar-refractivity contribution in [2.45, 2.75) is 26.9 Å². The van der Waals surface area contributed by atoms with Crippen molar-refractivity contribution < 1.29 is 4.74 Å². The summed E-state index contributed by atoms with van der Waals surface area (Å²) in [5, 5.41) is 4.10. The van der Waals surface area contributed by atoms with E-state index in [1.807, 2.05) is 39.0 Å². The highest BCUT2D eigenvalue weighted by atomic mass is 16.5. The molecule has 4 nitrogen and oxygen atoms in total. The molecule has 0 aliphatic carbocycles. The van der Waals surface area contributed by atoms with E-state index in [0.717, 1.165) is 17.0 Å². The summed E-state index contributed by atoms with van der Waals surface area (Å²) in [5.41, 5.74) is 2.14. The monoisotopic (exact) mass is 217 g/mol. The van der Waals surface area contributed by atoms with E-state index in [0.29, 0.717) is 0 Å². The summed E-state index contributed by atoms with van der Waals surface area (Å²) in [4.78, 5) is 3.93. The molecule has 0 bridgehead atoms. The van der Waals surface area contributed by atoms with Crippen LogP contribution in [0.4, 0.5) is 0 Å². The first kappa shape index (κ1) is 10.7. The zero-order valence-corrected chi connectivity index (χ0v) is 9.71. The normalized spacial score (nSPS) is 10.8. The number of nitrogens with zero attached hydrogens (tertiary/aromatic N) is 3. The fourth-order valence-corrected chi connectivity index (χ4v) is 1.56. The zero-order valence-electron chi connectivity index (χ0n) is 9.71. The minimum absolute atomic E-state index is 0.191. The van der Waals surface area contributed by atoms with Crippen molar-refractivity contribution in [3.63, 3.8) is 0 Å². The average Bonchev–Trinajstić information content (AvgIpc) is 2.69. The van der Waals surface area contributed by atoms with Crippen molar-refractivity contribution in [2.24, 2.45) is 0 Å². The summed E-state index contributed by atoms with van der Waals surface area (Å²) in [5.74, 6) is 0.886. The fraction of sp³-hybridized carbons (Fsp3) is 0.333. The van der Waals surface area contributed by atoms with Crippen LogP contribution in [0.25, 0.3) is 5.69 Å². The Kier molecular flexibility index (Phi) is 2.90. The number of aromatic nitrogens is 3. The highest BCUT2D eigenvalue weighted by Gasteiger charge is 2.04. The Labute approximate surface area is 94.9 Å². The number of hydrogen-bond acceptors (Lipinski definition) is 3. The molecule has 0 unspecified atom stereocenters. The maximum atomic E-state index is 5.62. The van der Waals surface area contributed by atoms with Crippen LogP contribution in [0.5, 0.6) is 5.75 Å². The van der Waals surface area contributed by atoms with E-state index in [4.69, 9.17) is 4.74 Å². The van der Waals surface area contributed by atoms with Gasteiger partial charge in [-0.05, 0) is 44.5 Å². The summed E-state index contributed by atoms with van der Waals surface area (Å²) in [7, 11) is 0. The Morgan fingerprint density at radius 2 is 2.12 bits per heavy atom. The lowest BCUT2D eigenvalue weighted by Crippen LogP contribution is -2.06. The molecule has 0 amide bonds. The minimum atomic E-state index is 0.191. The summed E-state index contributed by atoms with van der Waals surface area (Å²) < 4.78 is 7.37. The highest BCUT2D eigenvalue weighted by molar-refractivity contribution is 5.44.